The highest BCUT2D eigenvalue weighted by Gasteiger charge is 2.73. The van der Waals surface area contributed by atoms with E-state index < -0.39 is 28.4 Å². The van der Waals surface area contributed by atoms with Gasteiger partial charge in [0.1, 0.15) is 0 Å². The van der Waals surface area contributed by atoms with Gasteiger partial charge in [-0.1, -0.05) is 13.8 Å². The van der Waals surface area contributed by atoms with Gasteiger partial charge in [0.25, 0.3) is 0 Å². The van der Waals surface area contributed by atoms with E-state index in [-0.39, 0.29) is 0 Å². The number of aliphatic carboxylic acids is 1. The Balaban J connectivity index is 2.60. The second-order valence-corrected chi connectivity index (χ2v) is 4.96. The fourth-order valence-electron chi connectivity index (χ4n) is 2.70. The minimum absolute atomic E-state index is 0.366. The summed E-state index contributed by atoms with van der Waals surface area (Å²) in [5, 5.41) is 11.1. The van der Waals surface area contributed by atoms with E-state index in [1.807, 2.05) is 0 Å². The number of ether oxygens (including phenoxy) is 1. The van der Waals surface area contributed by atoms with Crippen molar-refractivity contribution in [2.45, 2.75) is 39.2 Å². The quantitative estimate of drug-likeness (QED) is 0.549. The van der Waals surface area contributed by atoms with Crippen LogP contribution >= 0.6 is 0 Å². The molecule has 2 bridgehead atoms. The fourth-order valence-corrected chi connectivity index (χ4v) is 2.70. The first-order chi connectivity index (χ1) is 6.28. The summed E-state index contributed by atoms with van der Waals surface area (Å²) in [6.07, 6.45) is 0.928. The number of carboxylic acids is 1. The Morgan fingerprint density at radius 3 is 2.14 bits per heavy atom. The van der Waals surface area contributed by atoms with Gasteiger partial charge in [0.05, 0.1) is 11.4 Å². The molecule has 0 amide bonds. The van der Waals surface area contributed by atoms with Crippen LogP contribution in [0.15, 0.2) is 0 Å². The third kappa shape index (κ3) is 0.645. The molecule has 1 aliphatic carbocycles. The van der Waals surface area contributed by atoms with Gasteiger partial charge >= 0.3 is 5.97 Å². The van der Waals surface area contributed by atoms with Gasteiger partial charge in [-0.25, -0.2) is 0 Å². The van der Waals surface area contributed by atoms with Crippen LogP contribution < -0.4 is 5.11 Å². The molecule has 14 heavy (non-hydrogen) atoms. The van der Waals surface area contributed by atoms with Gasteiger partial charge in [0.15, 0.2) is 5.60 Å². The van der Waals surface area contributed by atoms with Gasteiger partial charge in [0, 0.05) is 5.41 Å². The van der Waals surface area contributed by atoms with Gasteiger partial charge < -0.3 is 14.6 Å². The second kappa shape index (κ2) is 2.12. The average molecular weight is 197 g/mol. The Morgan fingerprint density at radius 2 is 1.93 bits per heavy atom. The van der Waals surface area contributed by atoms with E-state index in [1.165, 1.54) is 0 Å². The van der Waals surface area contributed by atoms with Gasteiger partial charge in [-0.15, -0.1) is 0 Å². The summed E-state index contributed by atoms with van der Waals surface area (Å²) >= 11 is 0. The third-order valence-corrected chi connectivity index (χ3v) is 4.41. The molecule has 4 nitrogen and oxygen atoms in total. The predicted molar refractivity (Wildman–Crippen MR) is 45.0 cm³/mol. The van der Waals surface area contributed by atoms with Crippen molar-refractivity contribution in [2.75, 3.05) is 0 Å². The first kappa shape index (κ1) is 9.49. The highest BCUT2D eigenvalue weighted by Crippen LogP contribution is 2.65. The van der Waals surface area contributed by atoms with Crippen molar-refractivity contribution in [1.82, 2.24) is 0 Å². The molecule has 0 aromatic rings. The van der Waals surface area contributed by atoms with Crippen LogP contribution in [0.4, 0.5) is 0 Å². The zero-order valence-corrected chi connectivity index (χ0v) is 8.55. The molecule has 0 radical (unpaired) electrons. The van der Waals surface area contributed by atoms with Crippen molar-refractivity contribution in [3.8, 4) is 0 Å². The Hall–Kier alpha value is -1.06. The summed E-state index contributed by atoms with van der Waals surface area (Å²) in [4.78, 5) is 22.7. The predicted octanol–water partition coefficient (Wildman–Crippen LogP) is -0.142. The lowest BCUT2D eigenvalue weighted by molar-refractivity contribution is -0.328. The molecule has 0 N–H and O–H groups in total. The van der Waals surface area contributed by atoms with Crippen LogP contribution in [0.2, 0.25) is 0 Å². The highest BCUT2D eigenvalue weighted by molar-refractivity contribution is 5.92. The Labute approximate surface area is 82.2 Å². The topological polar surface area (TPSA) is 66.4 Å². The minimum atomic E-state index is -1.40. The van der Waals surface area contributed by atoms with E-state index in [9.17, 15) is 14.7 Å². The van der Waals surface area contributed by atoms with E-state index in [0.29, 0.717) is 12.8 Å². The zero-order valence-electron chi connectivity index (χ0n) is 8.55. The number of hydrogen-bond donors (Lipinski definition) is 0. The van der Waals surface area contributed by atoms with E-state index in [2.05, 4.69) is 0 Å². The molecule has 2 rings (SSSR count). The molecule has 0 spiro atoms. The fraction of sp³-hybridized carbons (Fsp3) is 0.800. The normalized spacial score (nSPS) is 43.8. The standard InChI is InChI=1S/C10H14O4/c1-8(2)9(3)4-5-10(8,6(11)12)14-7(9)13/h4-5H2,1-3H3,(H,11,12)/p-1/t9-,10-/m0/s1. The minimum Gasteiger partial charge on any atom is -0.546 e. The number of carbonyl (C=O) groups excluding carboxylic acids is 2. The Kier molecular flexibility index (Phi) is 1.44. The maximum atomic E-state index is 11.6. The van der Waals surface area contributed by atoms with Gasteiger partial charge in [-0.2, -0.15) is 0 Å². The molecule has 2 fully saturated rings. The van der Waals surface area contributed by atoms with Crippen molar-refractivity contribution in [3.63, 3.8) is 0 Å². The zero-order chi connectivity index (χ0) is 10.8. The molecule has 78 valence electrons. The summed E-state index contributed by atoms with van der Waals surface area (Å²) in [5.41, 5.74) is -2.76. The van der Waals surface area contributed by atoms with E-state index in [1.54, 1.807) is 20.8 Å². The first-order valence-electron chi connectivity index (χ1n) is 4.73. The number of rotatable bonds is 1. The summed E-state index contributed by atoms with van der Waals surface area (Å²) < 4.78 is 5.03. The van der Waals surface area contributed by atoms with E-state index in [4.69, 9.17) is 4.74 Å². The van der Waals surface area contributed by atoms with Crippen LogP contribution in [-0.4, -0.2) is 17.5 Å². The van der Waals surface area contributed by atoms with Crippen molar-refractivity contribution < 1.29 is 19.4 Å². The maximum Gasteiger partial charge on any atom is 0.313 e. The highest BCUT2D eigenvalue weighted by atomic mass is 16.6. The third-order valence-electron chi connectivity index (χ3n) is 4.41. The molecule has 0 unspecified atom stereocenters. The van der Waals surface area contributed by atoms with Crippen LogP contribution in [0.3, 0.4) is 0 Å². The number of carboxylic acid groups (broad SMARTS) is 1. The van der Waals surface area contributed by atoms with Gasteiger partial charge in [0.2, 0.25) is 0 Å². The molecule has 0 aromatic heterocycles. The lowest BCUT2D eigenvalue weighted by Crippen LogP contribution is -2.54. The summed E-state index contributed by atoms with van der Waals surface area (Å²) in [5.74, 6) is -1.67. The molecular formula is C10H13O4-. The number of hydrogen-bond acceptors (Lipinski definition) is 4. The van der Waals surface area contributed by atoms with E-state index >= 15 is 0 Å². The number of esters is 1. The van der Waals surface area contributed by atoms with Crippen LogP contribution in [0.5, 0.6) is 0 Å². The van der Waals surface area contributed by atoms with Crippen LogP contribution in [0.1, 0.15) is 33.6 Å². The second-order valence-electron chi connectivity index (χ2n) is 4.96. The summed E-state index contributed by atoms with van der Waals surface area (Å²) in [7, 11) is 0. The van der Waals surface area contributed by atoms with Crippen molar-refractivity contribution in [3.05, 3.63) is 0 Å². The molecule has 0 aromatic carbocycles. The molecule has 2 aliphatic rings. The molecule has 1 heterocycles. The van der Waals surface area contributed by atoms with Crippen LogP contribution in [0.25, 0.3) is 0 Å². The number of fused-ring (bicyclic) bond motifs is 2. The lowest BCUT2D eigenvalue weighted by Gasteiger charge is -2.37. The molecule has 1 saturated heterocycles. The SMILES string of the molecule is CC1(C)[C@@]2(C)CC[C@@]1(C(=O)[O-])OC2=O. The van der Waals surface area contributed by atoms with Crippen LogP contribution in [-0.2, 0) is 14.3 Å². The maximum absolute atomic E-state index is 11.6. The van der Waals surface area contributed by atoms with Crippen molar-refractivity contribution in [1.29, 1.82) is 0 Å². The largest absolute Gasteiger partial charge is 0.546 e. The average Bonchev–Trinajstić information content (AvgIpc) is 2.34. The molecule has 4 heteroatoms. The van der Waals surface area contributed by atoms with Gasteiger partial charge in [-0.05, 0) is 19.8 Å². The molecule has 1 saturated carbocycles. The Morgan fingerprint density at radius 1 is 1.36 bits per heavy atom. The summed E-state index contributed by atoms with van der Waals surface area (Å²) in [6.45, 7) is 5.30. The van der Waals surface area contributed by atoms with Crippen molar-refractivity contribution >= 4 is 11.9 Å². The van der Waals surface area contributed by atoms with Crippen molar-refractivity contribution in [2.24, 2.45) is 10.8 Å². The molecule has 2 atom stereocenters. The van der Waals surface area contributed by atoms with E-state index in [0.717, 1.165) is 0 Å². The monoisotopic (exact) mass is 197 g/mol. The summed E-state index contributed by atoms with van der Waals surface area (Å²) in [6, 6.07) is 0. The molecule has 1 aliphatic heterocycles. The van der Waals surface area contributed by atoms with Crippen LogP contribution in [0, 0.1) is 10.8 Å². The first-order valence-corrected chi connectivity index (χ1v) is 4.73. The molecular weight excluding hydrogens is 184 g/mol. The number of carbonyl (C=O) groups is 2. The van der Waals surface area contributed by atoms with Gasteiger partial charge in [-0.3, -0.25) is 4.79 Å². The lowest BCUT2D eigenvalue weighted by atomic mass is 9.66. The smallest absolute Gasteiger partial charge is 0.313 e. The Bertz CT molecular complexity index is 333.